The highest BCUT2D eigenvalue weighted by Crippen LogP contribution is 2.64. The number of likely N-dealkylation sites (tertiary alicyclic amines) is 1. The van der Waals surface area contributed by atoms with Crippen molar-refractivity contribution in [2.45, 2.75) is 82.8 Å². The molecule has 2 amide bonds. The van der Waals surface area contributed by atoms with E-state index in [1.165, 1.54) is 28.8 Å². The lowest BCUT2D eigenvalue weighted by molar-refractivity contribution is -0.135. The molecule has 2 saturated heterocycles. The minimum Gasteiger partial charge on any atom is -0.377 e. The van der Waals surface area contributed by atoms with Crippen LogP contribution in [0, 0.1) is 36.5 Å². The van der Waals surface area contributed by atoms with Crippen LogP contribution in [0.3, 0.4) is 0 Å². The smallest absolute Gasteiger partial charge is 0.273 e. The first kappa shape index (κ1) is 30.4. The molecule has 3 heterocycles. The van der Waals surface area contributed by atoms with E-state index < -0.39 is 11.6 Å². The third-order valence-corrected chi connectivity index (χ3v) is 13.0. The second-order valence-electron chi connectivity index (χ2n) is 15.1. The van der Waals surface area contributed by atoms with E-state index in [9.17, 15) is 14.7 Å². The van der Waals surface area contributed by atoms with Gasteiger partial charge in [0, 0.05) is 49.2 Å². The van der Waals surface area contributed by atoms with Crippen molar-refractivity contribution in [3.63, 3.8) is 0 Å². The van der Waals surface area contributed by atoms with Crippen LogP contribution in [-0.2, 0) is 11.2 Å². The van der Waals surface area contributed by atoms with Gasteiger partial charge < -0.3 is 19.8 Å². The summed E-state index contributed by atoms with van der Waals surface area (Å²) in [7, 11) is 0. The monoisotopic (exact) mass is 630 g/mol. The molecule has 47 heavy (non-hydrogen) atoms. The van der Waals surface area contributed by atoms with Gasteiger partial charge in [0.25, 0.3) is 5.91 Å². The molecule has 2 saturated carbocycles. The second kappa shape index (κ2) is 11.4. The van der Waals surface area contributed by atoms with Gasteiger partial charge in [-0.3, -0.25) is 9.59 Å². The maximum absolute atomic E-state index is 13.9. The van der Waals surface area contributed by atoms with Crippen molar-refractivity contribution < 1.29 is 14.7 Å². The van der Waals surface area contributed by atoms with Crippen LogP contribution in [-0.4, -0.2) is 76.1 Å². The Morgan fingerprint density at radius 1 is 0.979 bits per heavy atom. The van der Waals surface area contributed by atoms with Crippen molar-refractivity contribution in [3.8, 4) is 12.3 Å². The molecule has 3 aliphatic carbocycles. The number of rotatable bonds is 3. The summed E-state index contributed by atoms with van der Waals surface area (Å²) < 4.78 is 0. The fourth-order valence-corrected chi connectivity index (χ4v) is 10.3. The molecule has 6 atom stereocenters. The number of carbonyl (C=O) groups is 2. The molecular formula is C40H46N4O3. The molecule has 8 rings (SSSR count). The Morgan fingerprint density at radius 2 is 1.79 bits per heavy atom. The van der Waals surface area contributed by atoms with E-state index in [1.54, 1.807) is 11.0 Å². The normalized spacial score (nSPS) is 31.7. The Balaban J connectivity index is 0.956. The summed E-state index contributed by atoms with van der Waals surface area (Å²) in [5, 5.41) is 12.4. The fourth-order valence-electron chi connectivity index (χ4n) is 10.3. The maximum atomic E-state index is 13.9. The Morgan fingerprint density at radius 3 is 2.60 bits per heavy atom. The van der Waals surface area contributed by atoms with E-state index >= 15 is 0 Å². The van der Waals surface area contributed by atoms with Crippen molar-refractivity contribution in [1.29, 1.82) is 0 Å². The number of carbonyl (C=O) groups excluding carboxylic acids is 2. The average molecular weight is 631 g/mol. The number of aromatic nitrogens is 1. The number of amides is 2. The Labute approximate surface area is 278 Å². The first-order valence-corrected chi connectivity index (χ1v) is 17.7. The van der Waals surface area contributed by atoms with Crippen LogP contribution < -0.4 is 4.90 Å². The van der Waals surface area contributed by atoms with Gasteiger partial charge in [-0.05, 0) is 111 Å². The van der Waals surface area contributed by atoms with E-state index in [1.807, 2.05) is 35.2 Å². The number of hydrogen-bond donors (Lipinski definition) is 1. The lowest BCUT2D eigenvalue weighted by Crippen LogP contribution is -2.54. The SMILES string of the molecule is C#C[C@]1(O)CCC2C3CCc4cc(C)c(N5CCN(C(=O)[C@@H]6CCCN6C(=O)c6ccc7ccccc7n6)CC5)cc4C3CC[C@@]21C. The summed E-state index contributed by atoms with van der Waals surface area (Å²) in [5.41, 5.74) is 5.61. The van der Waals surface area contributed by atoms with Crippen LogP contribution in [0.4, 0.5) is 5.69 Å². The van der Waals surface area contributed by atoms with Gasteiger partial charge in [0.1, 0.15) is 17.3 Å². The average Bonchev–Trinajstić information content (AvgIpc) is 3.70. The quantitative estimate of drug-likeness (QED) is 0.375. The molecule has 0 spiro atoms. The van der Waals surface area contributed by atoms with Gasteiger partial charge >= 0.3 is 0 Å². The van der Waals surface area contributed by atoms with Gasteiger partial charge in [0.05, 0.1) is 5.52 Å². The molecule has 0 radical (unpaired) electrons. The molecule has 1 aromatic heterocycles. The lowest BCUT2D eigenvalue weighted by atomic mass is 9.53. The molecule has 1 N–H and O–H groups in total. The number of pyridine rings is 1. The Kier molecular flexibility index (Phi) is 7.37. The third kappa shape index (κ3) is 4.78. The largest absolute Gasteiger partial charge is 0.377 e. The zero-order chi connectivity index (χ0) is 32.5. The topological polar surface area (TPSA) is 77.0 Å². The maximum Gasteiger partial charge on any atom is 0.273 e. The molecule has 2 aromatic carbocycles. The van der Waals surface area contributed by atoms with Gasteiger partial charge in [0.15, 0.2) is 0 Å². The number of fused-ring (bicyclic) bond motifs is 6. The standard InChI is InChI=1S/C40H46N4O3/c1-4-40(47)18-16-32-30-13-11-28-24-26(2)36(25-31(28)29(30)15-17-39(32,40)3)42-20-22-43(23-21-42)38(46)35-10-7-19-44(35)37(45)34-14-12-27-8-5-6-9-33(27)41-34/h1,5-6,8-9,12,14,24-25,29-30,32,35,47H,7,10-11,13,15-23H2,2-3H3/t29?,30?,32?,35-,39-,40-/m0/s1. The van der Waals surface area contributed by atoms with Gasteiger partial charge in [-0.2, -0.15) is 0 Å². The summed E-state index contributed by atoms with van der Waals surface area (Å²) in [6.07, 6.45) is 13.5. The molecule has 3 aromatic rings. The fraction of sp³-hybridized carbons (Fsp3) is 0.525. The van der Waals surface area contributed by atoms with Crippen LogP contribution in [0.25, 0.3) is 10.9 Å². The van der Waals surface area contributed by atoms with Crippen molar-refractivity contribution in [2.24, 2.45) is 17.3 Å². The van der Waals surface area contributed by atoms with E-state index in [-0.39, 0.29) is 17.2 Å². The number of para-hydroxylation sites is 1. The number of piperazine rings is 1. The van der Waals surface area contributed by atoms with Crippen molar-refractivity contribution in [3.05, 3.63) is 70.9 Å². The number of nitrogens with zero attached hydrogens (tertiary/aromatic N) is 4. The van der Waals surface area contributed by atoms with Crippen molar-refractivity contribution in [2.75, 3.05) is 37.6 Å². The summed E-state index contributed by atoms with van der Waals surface area (Å²) >= 11 is 0. The summed E-state index contributed by atoms with van der Waals surface area (Å²) in [6.45, 7) is 7.92. The minimum atomic E-state index is -0.978. The summed E-state index contributed by atoms with van der Waals surface area (Å²) in [6, 6.07) is 16.0. The zero-order valence-corrected chi connectivity index (χ0v) is 27.8. The van der Waals surface area contributed by atoms with E-state index in [2.05, 4.69) is 41.8 Å². The summed E-state index contributed by atoms with van der Waals surface area (Å²) in [4.78, 5) is 38.2. The lowest BCUT2D eigenvalue weighted by Gasteiger charge is -2.52. The number of aryl methyl sites for hydroxylation is 2. The minimum absolute atomic E-state index is 0.0649. The van der Waals surface area contributed by atoms with Crippen molar-refractivity contribution >= 4 is 28.4 Å². The summed E-state index contributed by atoms with van der Waals surface area (Å²) in [5.74, 6) is 4.26. The second-order valence-corrected chi connectivity index (χ2v) is 15.1. The Hall–Kier alpha value is -3.89. The highest BCUT2D eigenvalue weighted by Gasteiger charge is 2.61. The van der Waals surface area contributed by atoms with Gasteiger partial charge in [-0.25, -0.2) is 4.98 Å². The molecule has 5 aliphatic rings. The van der Waals surface area contributed by atoms with Gasteiger partial charge in [-0.1, -0.05) is 43.2 Å². The van der Waals surface area contributed by atoms with E-state index in [0.717, 1.165) is 62.5 Å². The van der Waals surface area contributed by atoms with E-state index in [0.29, 0.717) is 49.5 Å². The predicted molar refractivity (Wildman–Crippen MR) is 184 cm³/mol. The predicted octanol–water partition coefficient (Wildman–Crippen LogP) is 5.72. The molecular weight excluding hydrogens is 584 g/mol. The number of benzene rings is 2. The van der Waals surface area contributed by atoms with Gasteiger partial charge in [-0.15, -0.1) is 6.42 Å². The van der Waals surface area contributed by atoms with Crippen LogP contribution >= 0.6 is 0 Å². The number of aliphatic hydroxyl groups is 1. The molecule has 2 aliphatic heterocycles. The van der Waals surface area contributed by atoms with Gasteiger partial charge in [0.2, 0.25) is 5.91 Å². The van der Waals surface area contributed by atoms with Crippen LogP contribution in [0.2, 0.25) is 0 Å². The number of anilines is 1. The molecule has 3 unspecified atom stereocenters. The third-order valence-electron chi connectivity index (χ3n) is 13.0. The first-order valence-electron chi connectivity index (χ1n) is 17.7. The first-order chi connectivity index (χ1) is 22.7. The highest BCUT2D eigenvalue weighted by atomic mass is 16.3. The van der Waals surface area contributed by atoms with Crippen LogP contribution in [0.5, 0.6) is 0 Å². The molecule has 4 fully saturated rings. The van der Waals surface area contributed by atoms with Crippen LogP contribution in [0.15, 0.2) is 48.5 Å². The molecule has 7 nitrogen and oxygen atoms in total. The zero-order valence-electron chi connectivity index (χ0n) is 27.8. The number of hydrogen-bond acceptors (Lipinski definition) is 5. The molecule has 7 heteroatoms. The van der Waals surface area contributed by atoms with Crippen molar-refractivity contribution in [1.82, 2.24) is 14.8 Å². The molecule has 244 valence electrons. The molecule has 0 bridgehead atoms. The Bertz CT molecular complexity index is 1790. The highest BCUT2D eigenvalue weighted by molar-refractivity contribution is 5.98. The number of terminal acetylenes is 1. The van der Waals surface area contributed by atoms with Crippen LogP contribution in [0.1, 0.15) is 85.0 Å². The van der Waals surface area contributed by atoms with E-state index in [4.69, 9.17) is 6.42 Å².